The normalized spacial score (nSPS) is 13.7. The summed E-state index contributed by atoms with van der Waals surface area (Å²) in [6.45, 7) is 1.60. The molecular weight excluding hydrogens is 242 g/mol. The lowest BCUT2D eigenvalue weighted by Crippen LogP contribution is -1.97. The van der Waals surface area contributed by atoms with Crippen molar-refractivity contribution in [2.75, 3.05) is 6.61 Å². The van der Waals surface area contributed by atoms with Crippen molar-refractivity contribution in [3.63, 3.8) is 0 Å². The van der Waals surface area contributed by atoms with Crippen LogP contribution in [0.4, 0.5) is 4.39 Å². The van der Waals surface area contributed by atoms with Crippen LogP contribution < -0.4 is 0 Å². The molecule has 0 aromatic heterocycles. The van der Waals surface area contributed by atoms with Gasteiger partial charge in [-0.2, -0.15) is 0 Å². The average Bonchev–Trinajstić information content (AvgIpc) is 2.18. The highest BCUT2D eigenvalue weighted by molar-refractivity contribution is 8.44. The van der Waals surface area contributed by atoms with Gasteiger partial charge in [-0.15, -0.1) is 0 Å². The number of hydrogen-bond donors (Lipinski definition) is 0. The fraction of sp³-hybridized carbons (Fsp3) is 0.250. The standard InChI is InChI=1S/C8H10FO4PS/c1-2-13-14(10)15(11,12)8-5-3-7(9)4-6-8/h3-6,14H,2H2,1H3. The maximum absolute atomic E-state index is 12.5. The van der Waals surface area contributed by atoms with Gasteiger partial charge < -0.3 is 4.52 Å². The van der Waals surface area contributed by atoms with E-state index in [4.69, 9.17) is 0 Å². The minimum absolute atomic E-state index is 0.0538. The Morgan fingerprint density at radius 1 is 1.33 bits per heavy atom. The van der Waals surface area contributed by atoms with Gasteiger partial charge in [-0.25, -0.2) is 12.8 Å². The lowest BCUT2D eigenvalue weighted by atomic mass is 10.4. The second-order valence-corrected chi connectivity index (χ2v) is 7.52. The molecule has 0 amide bonds. The highest BCUT2D eigenvalue weighted by Gasteiger charge is 2.22. The minimum atomic E-state index is -3.96. The molecule has 0 heterocycles. The first-order chi connectivity index (χ1) is 6.98. The van der Waals surface area contributed by atoms with Crippen LogP contribution in [0, 0.1) is 5.82 Å². The van der Waals surface area contributed by atoms with Crippen LogP contribution in [0.1, 0.15) is 6.92 Å². The van der Waals surface area contributed by atoms with E-state index in [1.165, 1.54) is 0 Å². The quantitative estimate of drug-likeness (QED) is 0.769. The first kappa shape index (κ1) is 12.4. The second kappa shape index (κ2) is 4.88. The van der Waals surface area contributed by atoms with Crippen molar-refractivity contribution in [2.45, 2.75) is 11.8 Å². The van der Waals surface area contributed by atoms with Gasteiger partial charge in [-0.05, 0) is 31.2 Å². The summed E-state index contributed by atoms with van der Waals surface area (Å²) in [6, 6.07) is 4.11. The molecule has 0 bridgehead atoms. The summed E-state index contributed by atoms with van der Waals surface area (Å²) in [6.07, 6.45) is 0. The van der Waals surface area contributed by atoms with E-state index in [0.717, 1.165) is 24.3 Å². The summed E-state index contributed by atoms with van der Waals surface area (Å²) >= 11 is 0. The van der Waals surface area contributed by atoms with Crippen molar-refractivity contribution < 1.29 is 21.9 Å². The number of benzene rings is 1. The molecular formula is C8H10FO4PS. The summed E-state index contributed by atoms with van der Waals surface area (Å²) in [5, 5.41) is 0. The Morgan fingerprint density at radius 3 is 2.33 bits per heavy atom. The highest BCUT2D eigenvalue weighted by Crippen LogP contribution is 2.36. The zero-order chi connectivity index (χ0) is 11.5. The van der Waals surface area contributed by atoms with Crippen LogP contribution in [-0.4, -0.2) is 15.0 Å². The second-order valence-electron chi connectivity index (χ2n) is 2.64. The van der Waals surface area contributed by atoms with Crippen LogP contribution in [0.15, 0.2) is 29.2 Å². The summed E-state index contributed by atoms with van der Waals surface area (Å²) in [5.74, 6) is -0.551. The zero-order valence-corrected chi connectivity index (χ0v) is 9.75. The molecule has 15 heavy (non-hydrogen) atoms. The first-order valence-corrected chi connectivity index (χ1v) is 7.68. The molecule has 0 fully saturated rings. The van der Waals surface area contributed by atoms with Crippen molar-refractivity contribution in [3.05, 3.63) is 30.1 Å². The van der Waals surface area contributed by atoms with Crippen LogP contribution in [0.3, 0.4) is 0 Å². The molecule has 1 aromatic rings. The van der Waals surface area contributed by atoms with Gasteiger partial charge in [0.05, 0.1) is 11.5 Å². The molecule has 84 valence electrons. The van der Waals surface area contributed by atoms with Crippen molar-refractivity contribution in [1.82, 2.24) is 0 Å². The maximum atomic E-state index is 12.5. The molecule has 1 rings (SSSR count). The summed E-state index contributed by atoms with van der Waals surface area (Å²) in [7, 11) is -7.14. The molecule has 0 N–H and O–H groups in total. The third-order valence-electron chi connectivity index (χ3n) is 1.61. The van der Waals surface area contributed by atoms with Crippen molar-refractivity contribution >= 4 is 16.7 Å². The van der Waals surface area contributed by atoms with Crippen LogP contribution in [0.25, 0.3) is 0 Å². The van der Waals surface area contributed by atoms with E-state index in [-0.39, 0.29) is 11.5 Å². The summed E-state index contributed by atoms with van der Waals surface area (Å²) in [5.41, 5.74) is 0. The van der Waals surface area contributed by atoms with Crippen LogP contribution in [0.2, 0.25) is 0 Å². The van der Waals surface area contributed by atoms with Crippen molar-refractivity contribution in [3.8, 4) is 0 Å². The minimum Gasteiger partial charge on any atom is -0.320 e. The number of rotatable bonds is 4. The van der Waals surface area contributed by atoms with Gasteiger partial charge in [0.25, 0.3) is 9.46 Å². The fourth-order valence-electron chi connectivity index (χ4n) is 0.905. The molecule has 0 spiro atoms. The third kappa shape index (κ3) is 2.87. The van der Waals surface area contributed by atoms with Gasteiger partial charge in [0, 0.05) is 0 Å². The lowest BCUT2D eigenvalue weighted by molar-refractivity contribution is 0.359. The third-order valence-corrected chi connectivity index (χ3v) is 5.84. The van der Waals surface area contributed by atoms with E-state index in [1.807, 2.05) is 0 Å². The number of hydrogen-bond acceptors (Lipinski definition) is 4. The van der Waals surface area contributed by atoms with Crippen molar-refractivity contribution in [2.24, 2.45) is 0 Å². The van der Waals surface area contributed by atoms with Crippen molar-refractivity contribution in [1.29, 1.82) is 0 Å². The van der Waals surface area contributed by atoms with E-state index >= 15 is 0 Å². The van der Waals surface area contributed by atoms with Gasteiger partial charge >= 0.3 is 7.23 Å². The summed E-state index contributed by atoms with van der Waals surface area (Å²) < 4.78 is 51.4. The lowest BCUT2D eigenvalue weighted by Gasteiger charge is -2.03. The van der Waals surface area contributed by atoms with Gasteiger partial charge in [-0.1, -0.05) is 0 Å². The first-order valence-electron chi connectivity index (χ1n) is 4.16. The van der Waals surface area contributed by atoms with Gasteiger partial charge in [0.15, 0.2) is 0 Å². The number of halogens is 1. The van der Waals surface area contributed by atoms with Gasteiger partial charge in [0.2, 0.25) is 0 Å². The monoisotopic (exact) mass is 252 g/mol. The Bertz CT molecular complexity index is 454. The van der Waals surface area contributed by atoms with Crippen LogP contribution >= 0.6 is 7.23 Å². The Balaban J connectivity index is 3.06. The van der Waals surface area contributed by atoms with E-state index < -0.39 is 22.5 Å². The predicted molar refractivity (Wildman–Crippen MR) is 54.2 cm³/mol. The fourth-order valence-corrected chi connectivity index (χ4v) is 3.79. The molecule has 0 aliphatic heterocycles. The highest BCUT2D eigenvalue weighted by atomic mass is 32.8. The smallest absolute Gasteiger partial charge is 0.307 e. The molecule has 0 saturated heterocycles. The molecule has 0 saturated carbocycles. The van der Waals surface area contributed by atoms with Crippen LogP contribution in [-0.2, 0) is 18.5 Å². The topological polar surface area (TPSA) is 60.4 Å². The van der Waals surface area contributed by atoms with E-state index in [1.54, 1.807) is 6.92 Å². The zero-order valence-electron chi connectivity index (χ0n) is 7.94. The average molecular weight is 252 g/mol. The van der Waals surface area contributed by atoms with Gasteiger partial charge in [-0.3, -0.25) is 4.57 Å². The molecule has 1 atom stereocenters. The summed E-state index contributed by atoms with van der Waals surface area (Å²) in [4.78, 5) is -0.193. The molecule has 0 aliphatic rings. The van der Waals surface area contributed by atoms with Gasteiger partial charge in [0.1, 0.15) is 5.82 Å². The molecule has 0 aliphatic carbocycles. The van der Waals surface area contributed by atoms with E-state index in [9.17, 15) is 17.4 Å². The van der Waals surface area contributed by atoms with E-state index in [2.05, 4.69) is 4.52 Å². The Hall–Kier alpha value is -0.710. The Kier molecular flexibility index (Phi) is 4.02. The maximum Gasteiger partial charge on any atom is 0.307 e. The van der Waals surface area contributed by atoms with Crippen LogP contribution in [0.5, 0.6) is 0 Å². The Labute approximate surface area is 87.6 Å². The molecule has 4 nitrogen and oxygen atoms in total. The molecule has 7 heteroatoms. The largest absolute Gasteiger partial charge is 0.320 e. The molecule has 1 aromatic carbocycles. The molecule has 1 unspecified atom stereocenters. The van der Waals surface area contributed by atoms with E-state index in [0.29, 0.717) is 0 Å². The SMILES string of the molecule is CCO[PH](=O)S(=O)(=O)c1ccc(F)cc1. The molecule has 0 radical (unpaired) electrons. The Morgan fingerprint density at radius 2 is 1.87 bits per heavy atom. The predicted octanol–water partition coefficient (Wildman–Crippen LogP) is 2.03.